The first-order valence-corrected chi connectivity index (χ1v) is 12.1. The van der Waals surface area contributed by atoms with Gasteiger partial charge in [-0.15, -0.1) is 0 Å². The summed E-state index contributed by atoms with van der Waals surface area (Å²) in [5.41, 5.74) is 3.28. The van der Waals surface area contributed by atoms with Crippen molar-refractivity contribution in [2.24, 2.45) is 0 Å². The third-order valence-corrected chi connectivity index (χ3v) is 6.83. The highest BCUT2D eigenvalue weighted by molar-refractivity contribution is 5.98. The van der Waals surface area contributed by atoms with Crippen LogP contribution in [0, 0.1) is 0 Å². The van der Waals surface area contributed by atoms with Crippen molar-refractivity contribution in [2.45, 2.75) is 52.9 Å². The average Bonchev–Trinajstić information content (AvgIpc) is 3.19. The molecule has 5 rings (SSSR count). The van der Waals surface area contributed by atoms with Gasteiger partial charge in [-0.3, -0.25) is 14.6 Å². The molecule has 0 saturated carbocycles. The molecule has 0 bridgehead atoms. The highest BCUT2D eigenvalue weighted by atomic mass is 16.2. The lowest BCUT2D eigenvalue weighted by molar-refractivity contribution is -0.131. The number of hydrogen-bond donors (Lipinski definition) is 1. The van der Waals surface area contributed by atoms with E-state index in [1.165, 1.54) is 0 Å². The number of para-hydroxylation sites is 1. The van der Waals surface area contributed by atoms with Crippen molar-refractivity contribution in [3.05, 3.63) is 53.3 Å². The van der Waals surface area contributed by atoms with Crippen LogP contribution >= 0.6 is 0 Å². The van der Waals surface area contributed by atoms with Gasteiger partial charge in [0.05, 0.1) is 12.1 Å². The number of benzene rings is 1. The van der Waals surface area contributed by atoms with Crippen molar-refractivity contribution in [3.63, 3.8) is 0 Å². The number of carbonyl (C=O) groups excluding carboxylic acids is 2. The molecule has 4 heterocycles. The molecule has 1 aromatic carbocycles. The molecular formula is C26H31N7O2. The Balaban J connectivity index is 1.45. The van der Waals surface area contributed by atoms with Gasteiger partial charge in [0.25, 0.3) is 5.91 Å². The van der Waals surface area contributed by atoms with E-state index in [0.29, 0.717) is 50.2 Å². The molecule has 9 nitrogen and oxygen atoms in total. The van der Waals surface area contributed by atoms with Crippen LogP contribution in [0.25, 0.3) is 10.9 Å². The monoisotopic (exact) mass is 473 g/mol. The standard InChI is InChI=1S/C26H31N7O2/c1-16(2)33-15-21-23(25(33)35)29-26(31-9-10-32(18(4)34)17(3)14-31)30-24(21)28-13-19-11-20-7-5-6-8-22(20)27-12-19/h5-8,11-12,16-17H,9-10,13-15H2,1-4H3,(H,28,29,30)/t17-/m0/s1. The van der Waals surface area contributed by atoms with E-state index < -0.39 is 0 Å². The van der Waals surface area contributed by atoms with Crippen LogP contribution < -0.4 is 10.2 Å². The Morgan fingerprint density at radius 2 is 2.00 bits per heavy atom. The van der Waals surface area contributed by atoms with Crippen molar-refractivity contribution in [3.8, 4) is 0 Å². The molecule has 1 saturated heterocycles. The predicted molar refractivity (Wildman–Crippen MR) is 135 cm³/mol. The first kappa shape index (κ1) is 23.0. The van der Waals surface area contributed by atoms with Crippen LogP contribution in [0.5, 0.6) is 0 Å². The molecule has 2 aliphatic rings. The van der Waals surface area contributed by atoms with E-state index in [2.05, 4.69) is 21.3 Å². The van der Waals surface area contributed by atoms with Gasteiger partial charge < -0.3 is 20.0 Å². The molecule has 0 spiro atoms. The van der Waals surface area contributed by atoms with Gasteiger partial charge in [-0.05, 0) is 38.5 Å². The molecule has 0 unspecified atom stereocenters. The van der Waals surface area contributed by atoms with Gasteiger partial charge in [-0.2, -0.15) is 4.98 Å². The fourth-order valence-electron chi connectivity index (χ4n) is 4.89. The number of anilines is 2. The van der Waals surface area contributed by atoms with E-state index >= 15 is 0 Å². The molecule has 1 N–H and O–H groups in total. The molecule has 1 fully saturated rings. The van der Waals surface area contributed by atoms with Crippen LogP contribution in [0.2, 0.25) is 0 Å². The van der Waals surface area contributed by atoms with Crippen LogP contribution in [0.15, 0.2) is 36.5 Å². The molecule has 0 aliphatic carbocycles. The first-order chi connectivity index (χ1) is 16.8. The van der Waals surface area contributed by atoms with Crippen LogP contribution in [0.3, 0.4) is 0 Å². The SMILES string of the molecule is CC(=O)N1CCN(c2nc(NCc3cnc4ccccc4c3)c3c(n2)C(=O)N(C(C)C)C3)C[C@@H]1C. The molecule has 2 aromatic heterocycles. The molecule has 0 radical (unpaired) electrons. The Kier molecular flexibility index (Phi) is 6.00. The predicted octanol–water partition coefficient (Wildman–Crippen LogP) is 3.06. The minimum Gasteiger partial charge on any atom is -0.365 e. The number of pyridine rings is 1. The number of piperazine rings is 1. The van der Waals surface area contributed by atoms with Crippen molar-refractivity contribution in [2.75, 3.05) is 29.9 Å². The van der Waals surface area contributed by atoms with Crippen molar-refractivity contribution in [1.82, 2.24) is 24.8 Å². The summed E-state index contributed by atoms with van der Waals surface area (Å²) in [6, 6.07) is 10.3. The van der Waals surface area contributed by atoms with Gasteiger partial charge in [0.15, 0.2) is 0 Å². The number of rotatable bonds is 5. The maximum atomic E-state index is 13.2. The van der Waals surface area contributed by atoms with Crippen molar-refractivity contribution in [1.29, 1.82) is 0 Å². The normalized spacial score (nSPS) is 17.9. The van der Waals surface area contributed by atoms with Gasteiger partial charge in [0.2, 0.25) is 11.9 Å². The first-order valence-electron chi connectivity index (χ1n) is 12.1. The smallest absolute Gasteiger partial charge is 0.273 e. The van der Waals surface area contributed by atoms with Gasteiger partial charge >= 0.3 is 0 Å². The summed E-state index contributed by atoms with van der Waals surface area (Å²) >= 11 is 0. The summed E-state index contributed by atoms with van der Waals surface area (Å²) in [6.07, 6.45) is 1.87. The maximum absolute atomic E-state index is 13.2. The molecule has 2 amide bonds. The van der Waals surface area contributed by atoms with Gasteiger partial charge in [0.1, 0.15) is 11.5 Å². The van der Waals surface area contributed by atoms with Crippen LogP contribution in [0.4, 0.5) is 11.8 Å². The third kappa shape index (κ3) is 4.38. The topological polar surface area (TPSA) is 94.6 Å². The fraction of sp³-hybridized carbons (Fsp3) is 0.423. The van der Waals surface area contributed by atoms with Crippen LogP contribution in [0.1, 0.15) is 49.3 Å². The van der Waals surface area contributed by atoms with E-state index in [4.69, 9.17) is 9.97 Å². The van der Waals surface area contributed by atoms with E-state index in [0.717, 1.165) is 22.0 Å². The fourth-order valence-corrected chi connectivity index (χ4v) is 4.89. The highest BCUT2D eigenvalue weighted by Gasteiger charge is 2.35. The zero-order chi connectivity index (χ0) is 24.7. The Hall–Kier alpha value is -3.75. The Morgan fingerprint density at radius 3 is 2.74 bits per heavy atom. The lowest BCUT2D eigenvalue weighted by atomic mass is 10.1. The molecule has 182 valence electrons. The Bertz CT molecular complexity index is 1290. The molecule has 9 heteroatoms. The summed E-state index contributed by atoms with van der Waals surface area (Å²) in [6.45, 7) is 10.5. The zero-order valence-corrected chi connectivity index (χ0v) is 20.7. The second kappa shape index (κ2) is 9.13. The van der Waals surface area contributed by atoms with Crippen LogP contribution in [-0.4, -0.2) is 68.3 Å². The number of hydrogen-bond acceptors (Lipinski definition) is 7. The van der Waals surface area contributed by atoms with E-state index in [1.807, 2.05) is 61.0 Å². The third-order valence-electron chi connectivity index (χ3n) is 6.83. The number of nitrogens with one attached hydrogen (secondary N) is 1. The lowest BCUT2D eigenvalue weighted by Gasteiger charge is -2.39. The van der Waals surface area contributed by atoms with Gasteiger partial charge in [-0.25, -0.2) is 4.98 Å². The molecular weight excluding hydrogens is 442 g/mol. The number of nitrogens with zero attached hydrogens (tertiary/aromatic N) is 6. The molecule has 3 aromatic rings. The summed E-state index contributed by atoms with van der Waals surface area (Å²) < 4.78 is 0. The van der Waals surface area contributed by atoms with E-state index in [1.54, 1.807) is 6.92 Å². The molecule has 2 aliphatic heterocycles. The Labute approximate surface area is 205 Å². The zero-order valence-electron chi connectivity index (χ0n) is 20.7. The number of fused-ring (bicyclic) bond motifs is 2. The molecule has 1 atom stereocenters. The van der Waals surface area contributed by atoms with Gasteiger partial charge in [0, 0.05) is 62.3 Å². The van der Waals surface area contributed by atoms with E-state index in [9.17, 15) is 9.59 Å². The summed E-state index contributed by atoms with van der Waals surface area (Å²) in [7, 11) is 0. The molecule has 35 heavy (non-hydrogen) atoms. The second-order valence-electron chi connectivity index (χ2n) is 9.62. The van der Waals surface area contributed by atoms with Crippen molar-refractivity contribution < 1.29 is 9.59 Å². The number of carbonyl (C=O) groups is 2. The largest absolute Gasteiger partial charge is 0.365 e. The van der Waals surface area contributed by atoms with Crippen LogP contribution in [-0.2, 0) is 17.9 Å². The maximum Gasteiger partial charge on any atom is 0.273 e. The number of aromatic nitrogens is 3. The summed E-state index contributed by atoms with van der Waals surface area (Å²) in [5.74, 6) is 1.21. The highest BCUT2D eigenvalue weighted by Crippen LogP contribution is 2.31. The minimum atomic E-state index is -0.0653. The summed E-state index contributed by atoms with van der Waals surface area (Å²) in [4.78, 5) is 45.0. The van der Waals surface area contributed by atoms with Gasteiger partial charge in [-0.1, -0.05) is 18.2 Å². The second-order valence-corrected chi connectivity index (χ2v) is 9.62. The quantitative estimate of drug-likeness (QED) is 0.609. The summed E-state index contributed by atoms with van der Waals surface area (Å²) in [5, 5.41) is 4.54. The minimum absolute atomic E-state index is 0.0426. The van der Waals surface area contributed by atoms with E-state index in [-0.39, 0.29) is 23.9 Å². The average molecular weight is 474 g/mol. The Morgan fingerprint density at radius 1 is 1.20 bits per heavy atom. The van der Waals surface area contributed by atoms with Crippen molar-refractivity contribution >= 4 is 34.5 Å². The number of amides is 2. The lowest BCUT2D eigenvalue weighted by Crippen LogP contribution is -2.54.